The number of hydrogen-bond acceptors (Lipinski definition) is 8. The van der Waals surface area contributed by atoms with Crippen molar-refractivity contribution in [2.45, 2.75) is 38.8 Å². The fourth-order valence-corrected chi connectivity index (χ4v) is 2.36. The van der Waals surface area contributed by atoms with Crippen LogP contribution >= 0.6 is 12.4 Å². The Morgan fingerprint density at radius 1 is 1.14 bits per heavy atom. The Balaban J connectivity index is 0.00000392. The summed E-state index contributed by atoms with van der Waals surface area (Å²) < 4.78 is 11.4. The predicted molar refractivity (Wildman–Crippen MR) is 112 cm³/mol. The molecule has 0 aliphatic rings. The van der Waals surface area contributed by atoms with E-state index in [4.69, 9.17) is 15.3 Å². The van der Waals surface area contributed by atoms with Gasteiger partial charge in [-0.05, 0) is 38.0 Å². The van der Waals surface area contributed by atoms with Gasteiger partial charge >= 0.3 is 0 Å². The second-order valence-corrected chi connectivity index (χ2v) is 6.88. The van der Waals surface area contributed by atoms with E-state index in [0.717, 1.165) is 17.7 Å². The van der Waals surface area contributed by atoms with Crippen LogP contribution in [0.3, 0.4) is 0 Å². The van der Waals surface area contributed by atoms with Crippen molar-refractivity contribution in [3.63, 3.8) is 0 Å². The van der Waals surface area contributed by atoms with Gasteiger partial charge in [-0.15, -0.1) is 22.6 Å². The topological polar surface area (TPSA) is 115 Å². The third kappa shape index (κ3) is 7.85. The third-order valence-electron chi connectivity index (χ3n) is 3.97. The number of aromatic nitrogens is 2. The average Bonchev–Trinajstić information content (AvgIpc) is 2.70. The number of nitrogens with two attached hydrogens (primary N) is 1. The smallest absolute Gasteiger partial charge is 0.233 e. The second kappa shape index (κ2) is 11.7. The van der Waals surface area contributed by atoms with E-state index in [0.29, 0.717) is 24.8 Å². The van der Waals surface area contributed by atoms with Crippen LogP contribution < -0.4 is 26.1 Å². The summed E-state index contributed by atoms with van der Waals surface area (Å²) in [6.45, 7) is 7.01. The van der Waals surface area contributed by atoms with Gasteiger partial charge in [-0.3, -0.25) is 0 Å². The van der Waals surface area contributed by atoms with Gasteiger partial charge in [0.15, 0.2) is 5.82 Å². The molecule has 28 heavy (non-hydrogen) atoms. The fourth-order valence-electron chi connectivity index (χ4n) is 2.36. The SMILES string of the molecule is CCc1ccccc1OCC(O)CNC(C)(C)COc1ccc(NN)nn1.Cl. The van der Waals surface area contributed by atoms with E-state index < -0.39 is 6.10 Å². The summed E-state index contributed by atoms with van der Waals surface area (Å²) in [6.07, 6.45) is 0.254. The zero-order valence-corrected chi connectivity index (χ0v) is 17.3. The van der Waals surface area contributed by atoms with Crippen LogP contribution in [-0.2, 0) is 6.42 Å². The van der Waals surface area contributed by atoms with Gasteiger partial charge in [0, 0.05) is 18.2 Å². The van der Waals surface area contributed by atoms with Crippen molar-refractivity contribution in [1.82, 2.24) is 15.5 Å². The number of aliphatic hydroxyl groups is 1. The highest BCUT2D eigenvalue weighted by Gasteiger charge is 2.20. The highest BCUT2D eigenvalue weighted by atomic mass is 35.5. The highest BCUT2D eigenvalue weighted by Crippen LogP contribution is 2.18. The number of nitrogens with one attached hydrogen (secondary N) is 2. The van der Waals surface area contributed by atoms with E-state index in [1.54, 1.807) is 12.1 Å². The predicted octanol–water partition coefficient (Wildman–Crippen LogP) is 1.93. The van der Waals surface area contributed by atoms with Crippen molar-refractivity contribution >= 4 is 18.2 Å². The standard InChI is InChI=1S/C19H29N5O3.ClH/c1-4-14-7-5-6-8-16(14)26-12-15(25)11-21-19(2,3)13-27-18-10-9-17(22-20)23-24-18;/h5-10,15,21,25H,4,11-13,20H2,1-3H3,(H,22,23);1H. The molecule has 8 nitrogen and oxygen atoms in total. The Labute approximate surface area is 172 Å². The van der Waals surface area contributed by atoms with Gasteiger partial charge in [0.05, 0.1) is 0 Å². The maximum absolute atomic E-state index is 10.2. The van der Waals surface area contributed by atoms with Crippen LogP contribution in [0.2, 0.25) is 0 Å². The first-order chi connectivity index (χ1) is 12.9. The molecule has 0 amide bonds. The van der Waals surface area contributed by atoms with Gasteiger partial charge in [-0.25, -0.2) is 5.84 Å². The van der Waals surface area contributed by atoms with E-state index in [1.807, 2.05) is 38.1 Å². The lowest BCUT2D eigenvalue weighted by Gasteiger charge is -2.27. The van der Waals surface area contributed by atoms with Crippen molar-refractivity contribution in [2.24, 2.45) is 5.84 Å². The molecule has 1 unspecified atom stereocenters. The van der Waals surface area contributed by atoms with Gasteiger partial charge in [-0.1, -0.05) is 25.1 Å². The molecule has 9 heteroatoms. The zero-order chi connectivity index (χ0) is 19.7. The summed E-state index contributed by atoms with van der Waals surface area (Å²) >= 11 is 0. The molecule has 0 fully saturated rings. The zero-order valence-electron chi connectivity index (χ0n) is 16.5. The molecule has 0 aliphatic heterocycles. The van der Waals surface area contributed by atoms with Crippen LogP contribution in [0.1, 0.15) is 26.3 Å². The number of aryl methyl sites for hydroxylation is 1. The first-order valence-corrected chi connectivity index (χ1v) is 9.00. The molecule has 1 atom stereocenters. The van der Waals surface area contributed by atoms with Gasteiger partial charge in [0.1, 0.15) is 25.1 Å². The number of hydrazine groups is 1. The van der Waals surface area contributed by atoms with E-state index in [-0.39, 0.29) is 24.6 Å². The molecule has 0 aliphatic carbocycles. The maximum atomic E-state index is 10.2. The number of hydrogen-bond donors (Lipinski definition) is 4. The maximum Gasteiger partial charge on any atom is 0.233 e. The van der Waals surface area contributed by atoms with Gasteiger partial charge < -0.3 is 25.3 Å². The summed E-state index contributed by atoms with van der Waals surface area (Å²) in [7, 11) is 0. The third-order valence-corrected chi connectivity index (χ3v) is 3.97. The van der Waals surface area contributed by atoms with E-state index in [9.17, 15) is 5.11 Å². The first-order valence-electron chi connectivity index (χ1n) is 9.00. The molecule has 0 spiro atoms. The highest BCUT2D eigenvalue weighted by molar-refractivity contribution is 5.85. The molecule has 2 rings (SSSR count). The molecular formula is C19H30ClN5O3. The molecule has 0 saturated heterocycles. The minimum atomic E-state index is -0.635. The van der Waals surface area contributed by atoms with Gasteiger partial charge in [0.25, 0.3) is 0 Å². The average molecular weight is 412 g/mol. The summed E-state index contributed by atoms with van der Waals surface area (Å²) in [5.41, 5.74) is 3.17. The molecule has 0 radical (unpaired) electrons. The van der Waals surface area contributed by atoms with Crippen LogP contribution in [0.25, 0.3) is 0 Å². The molecule has 156 valence electrons. The quantitative estimate of drug-likeness (QED) is 0.327. The van der Waals surface area contributed by atoms with Gasteiger partial charge in [-0.2, -0.15) is 0 Å². The van der Waals surface area contributed by atoms with Crippen molar-refractivity contribution in [1.29, 1.82) is 0 Å². The lowest BCUT2D eigenvalue weighted by atomic mass is 10.1. The van der Waals surface area contributed by atoms with Crippen molar-refractivity contribution in [3.05, 3.63) is 42.0 Å². The normalized spacial score (nSPS) is 12.0. The molecule has 1 aromatic carbocycles. The molecule has 1 aromatic heterocycles. The molecule has 5 N–H and O–H groups in total. The van der Waals surface area contributed by atoms with Crippen LogP contribution in [0.4, 0.5) is 5.82 Å². The number of nitrogen functional groups attached to an aromatic ring is 1. The van der Waals surface area contributed by atoms with Crippen molar-refractivity contribution < 1.29 is 14.6 Å². The number of nitrogens with zero attached hydrogens (tertiary/aromatic N) is 2. The lowest BCUT2D eigenvalue weighted by Crippen LogP contribution is -2.48. The number of para-hydroxylation sites is 1. The first kappa shape index (κ1) is 23.9. The number of halogens is 1. The van der Waals surface area contributed by atoms with Crippen LogP contribution in [0.5, 0.6) is 11.6 Å². The van der Waals surface area contributed by atoms with Crippen molar-refractivity contribution in [2.75, 3.05) is 25.2 Å². The van der Waals surface area contributed by atoms with E-state index in [1.165, 1.54) is 0 Å². The summed E-state index contributed by atoms with van der Waals surface area (Å²) in [4.78, 5) is 0. The van der Waals surface area contributed by atoms with E-state index >= 15 is 0 Å². The fraction of sp³-hybridized carbons (Fsp3) is 0.474. The number of ether oxygens (including phenoxy) is 2. The Hall–Kier alpha value is -2.13. The number of benzene rings is 1. The van der Waals surface area contributed by atoms with Crippen LogP contribution in [-0.4, -0.2) is 46.7 Å². The van der Waals surface area contributed by atoms with E-state index in [2.05, 4.69) is 27.9 Å². The molecule has 1 heterocycles. The summed E-state index contributed by atoms with van der Waals surface area (Å²) in [5, 5.41) is 21.3. The minimum Gasteiger partial charge on any atom is -0.491 e. The monoisotopic (exact) mass is 411 g/mol. The van der Waals surface area contributed by atoms with Crippen LogP contribution in [0, 0.1) is 0 Å². The number of rotatable bonds is 11. The summed E-state index contributed by atoms with van der Waals surface area (Å²) in [5.74, 6) is 6.94. The minimum absolute atomic E-state index is 0. The molecule has 2 aromatic rings. The molecular weight excluding hydrogens is 382 g/mol. The number of aliphatic hydroxyl groups excluding tert-OH is 1. The molecule has 0 saturated carbocycles. The Kier molecular flexibility index (Phi) is 9.95. The largest absolute Gasteiger partial charge is 0.491 e. The Morgan fingerprint density at radius 2 is 1.89 bits per heavy atom. The number of anilines is 1. The molecule has 0 bridgehead atoms. The lowest BCUT2D eigenvalue weighted by molar-refractivity contribution is 0.0919. The number of β-amino-alcohol motifs (C(OH)–C–C–N with tert-alkyl or cyclic N) is 1. The Bertz CT molecular complexity index is 700. The summed E-state index contributed by atoms with van der Waals surface area (Å²) in [6, 6.07) is 11.2. The second-order valence-electron chi connectivity index (χ2n) is 6.88. The van der Waals surface area contributed by atoms with Gasteiger partial charge in [0.2, 0.25) is 5.88 Å². The van der Waals surface area contributed by atoms with Crippen molar-refractivity contribution in [3.8, 4) is 11.6 Å². The van der Waals surface area contributed by atoms with Crippen LogP contribution in [0.15, 0.2) is 36.4 Å². The Morgan fingerprint density at radius 3 is 2.54 bits per heavy atom.